The Kier molecular flexibility index (Phi) is 7.04. The average molecular weight is 522 g/mol. The highest BCUT2D eigenvalue weighted by Gasteiger charge is 2.25. The number of carbonyl (C=O) groups excluding carboxylic acids is 1. The fourth-order valence-corrected chi connectivity index (χ4v) is 3.75. The number of pyridine rings is 1. The number of ether oxygens (including phenoxy) is 2. The van der Waals surface area contributed by atoms with Crippen LogP contribution in [0, 0.1) is 18.6 Å². The van der Waals surface area contributed by atoms with Gasteiger partial charge in [-0.3, -0.25) is 4.79 Å². The Bertz CT molecular complexity index is 1280. The van der Waals surface area contributed by atoms with E-state index in [1.807, 2.05) is 0 Å². The van der Waals surface area contributed by atoms with Crippen molar-refractivity contribution in [3.8, 4) is 16.9 Å². The van der Waals surface area contributed by atoms with Crippen LogP contribution in [0.15, 0.2) is 45.7 Å². The third kappa shape index (κ3) is 5.15. The molecule has 0 atom stereocenters. The van der Waals surface area contributed by atoms with Gasteiger partial charge < -0.3 is 19.6 Å². The minimum absolute atomic E-state index is 0.0352. The summed E-state index contributed by atoms with van der Waals surface area (Å²) in [6.45, 7) is 4.49. The van der Waals surface area contributed by atoms with Crippen LogP contribution in [0.2, 0.25) is 0 Å². The fourth-order valence-electron chi connectivity index (χ4n) is 3.34. The molecule has 0 aliphatic carbocycles. The number of aliphatic hydroxyl groups is 1. The summed E-state index contributed by atoms with van der Waals surface area (Å²) in [6.07, 6.45) is 0. The first kappa shape index (κ1) is 24.6. The van der Waals surface area contributed by atoms with E-state index in [0.29, 0.717) is 22.4 Å². The SMILES string of the molecule is COC(=O)c1cc(C(C)(C)O)ccc1-c1c(C)[nH]c(=O)c(Br)c1OCc1ccc(F)cc1F. The Labute approximate surface area is 197 Å². The smallest absolute Gasteiger partial charge is 0.338 e. The van der Waals surface area contributed by atoms with E-state index in [2.05, 4.69) is 20.9 Å². The van der Waals surface area contributed by atoms with E-state index in [4.69, 9.17) is 9.47 Å². The second kappa shape index (κ2) is 9.44. The Hall–Kier alpha value is -3.04. The number of H-pyrrole nitrogens is 1. The lowest BCUT2D eigenvalue weighted by Crippen LogP contribution is -2.18. The fraction of sp³-hybridized carbons (Fsp3) is 0.250. The second-order valence-electron chi connectivity index (χ2n) is 7.93. The molecule has 3 rings (SSSR count). The van der Waals surface area contributed by atoms with Crippen LogP contribution >= 0.6 is 15.9 Å². The lowest BCUT2D eigenvalue weighted by molar-refractivity contribution is 0.0599. The van der Waals surface area contributed by atoms with E-state index in [1.165, 1.54) is 19.2 Å². The average Bonchev–Trinajstić information content (AvgIpc) is 2.74. The third-order valence-electron chi connectivity index (χ3n) is 5.09. The van der Waals surface area contributed by atoms with Gasteiger partial charge in [-0.2, -0.15) is 0 Å². The zero-order chi connectivity index (χ0) is 24.5. The van der Waals surface area contributed by atoms with Gasteiger partial charge >= 0.3 is 5.97 Å². The molecule has 33 heavy (non-hydrogen) atoms. The maximum atomic E-state index is 14.1. The van der Waals surface area contributed by atoms with Crippen LogP contribution < -0.4 is 10.3 Å². The molecular formula is C24H22BrF2NO5. The molecule has 1 heterocycles. The topological polar surface area (TPSA) is 88.6 Å². The molecule has 9 heteroatoms. The van der Waals surface area contributed by atoms with Crippen LogP contribution in [0.25, 0.3) is 11.1 Å². The summed E-state index contributed by atoms with van der Waals surface area (Å²) in [7, 11) is 1.23. The summed E-state index contributed by atoms with van der Waals surface area (Å²) < 4.78 is 38.2. The van der Waals surface area contributed by atoms with Crippen molar-refractivity contribution in [2.24, 2.45) is 0 Å². The molecule has 2 aromatic carbocycles. The number of aryl methyl sites for hydroxylation is 1. The van der Waals surface area contributed by atoms with Gasteiger partial charge in [-0.05, 0) is 60.5 Å². The highest BCUT2D eigenvalue weighted by molar-refractivity contribution is 9.10. The van der Waals surface area contributed by atoms with E-state index in [0.717, 1.165) is 12.1 Å². The van der Waals surface area contributed by atoms with Gasteiger partial charge in [0.05, 0.1) is 18.3 Å². The normalized spacial score (nSPS) is 11.4. The molecule has 3 aromatic rings. The number of aromatic nitrogens is 1. The summed E-state index contributed by atoms with van der Waals surface area (Å²) in [5.74, 6) is -2.10. The van der Waals surface area contributed by atoms with Gasteiger partial charge in [0, 0.05) is 28.5 Å². The Morgan fingerprint density at radius 2 is 1.88 bits per heavy atom. The Morgan fingerprint density at radius 1 is 1.18 bits per heavy atom. The molecule has 0 bridgehead atoms. The number of esters is 1. The van der Waals surface area contributed by atoms with Crippen molar-refractivity contribution >= 4 is 21.9 Å². The van der Waals surface area contributed by atoms with Crippen LogP contribution in [0.5, 0.6) is 5.75 Å². The standard InChI is InChI=1S/C24H22BrF2NO5/c1-12-19(16-8-6-14(24(2,3)31)9-17(16)23(30)32-4)21(20(25)22(29)28-12)33-11-13-5-7-15(26)10-18(13)27/h5-10,31H,11H2,1-4H3,(H,28,29). The first-order valence-corrected chi connectivity index (χ1v) is 10.7. The number of rotatable bonds is 6. The summed E-state index contributed by atoms with van der Waals surface area (Å²) in [6, 6.07) is 7.84. The van der Waals surface area contributed by atoms with Gasteiger partial charge in [0.15, 0.2) is 0 Å². The molecule has 1 aromatic heterocycles. The van der Waals surface area contributed by atoms with E-state index in [-0.39, 0.29) is 28.0 Å². The number of nitrogens with one attached hydrogen (secondary N) is 1. The molecule has 0 fully saturated rings. The number of benzene rings is 2. The van der Waals surface area contributed by atoms with Crippen molar-refractivity contribution in [2.75, 3.05) is 7.11 Å². The number of carbonyl (C=O) groups is 1. The maximum absolute atomic E-state index is 14.1. The predicted molar refractivity (Wildman–Crippen MR) is 122 cm³/mol. The number of hydrogen-bond donors (Lipinski definition) is 2. The molecule has 0 saturated carbocycles. The lowest BCUT2D eigenvalue weighted by atomic mass is 9.90. The zero-order valence-corrected chi connectivity index (χ0v) is 20.0. The highest BCUT2D eigenvalue weighted by Crippen LogP contribution is 2.40. The molecule has 0 amide bonds. The summed E-state index contributed by atoms with van der Waals surface area (Å²) in [5.41, 5.74) is 0.114. The molecule has 0 spiro atoms. The molecule has 0 saturated heterocycles. The number of halogens is 3. The van der Waals surface area contributed by atoms with E-state index < -0.39 is 28.8 Å². The number of methoxy groups -OCH3 is 1. The minimum atomic E-state index is -1.22. The molecule has 0 radical (unpaired) electrons. The highest BCUT2D eigenvalue weighted by atomic mass is 79.9. The summed E-state index contributed by atoms with van der Waals surface area (Å²) >= 11 is 3.21. The summed E-state index contributed by atoms with van der Waals surface area (Å²) in [4.78, 5) is 27.7. The Morgan fingerprint density at radius 3 is 2.48 bits per heavy atom. The molecule has 2 N–H and O–H groups in total. The zero-order valence-electron chi connectivity index (χ0n) is 18.4. The van der Waals surface area contributed by atoms with Crippen molar-refractivity contribution in [1.82, 2.24) is 4.98 Å². The monoisotopic (exact) mass is 521 g/mol. The minimum Gasteiger partial charge on any atom is -0.487 e. The van der Waals surface area contributed by atoms with Gasteiger partial charge in [0.2, 0.25) is 0 Å². The quantitative estimate of drug-likeness (QED) is 0.446. The lowest BCUT2D eigenvalue weighted by Gasteiger charge is -2.21. The van der Waals surface area contributed by atoms with Crippen molar-refractivity contribution in [1.29, 1.82) is 0 Å². The van der Waals surface area contributed by atoms with Crippen molar-refractivity contribution < 1.29 is 28.2 Å². The van der Waals surface area contributed by atoms with E-state index >= 15 is 0 Å². The predicted octanol–water partition coefficient (Wildman–Crippen LogP) is 4.98. The summed E-state index contributed by atoms with van der Waals surface area (Å²) in [5, 5.41) is 10.4. The van der Waals surface area contributed by atoms with Crippen molar-refractivity contribution in [3.63, 3.8) is 0 Å². The van der Waals surface area contributed by atoms with Gasteiger partial charge in [-0.25, -0.2) is 13.6 Å². The number of aromatic amines is 1. The molecule has 0 aliphatic heterocycles. The van der Waals surface area contributed by atoms with Crippen LogP contribution in [-0.2, 0) is 16.9 Å². The van der Waals surface area contributed by atoms with Crippen LogP contribution in [-0.4, -0.2) is 23.2 Å². The molecule has 0 aliphatic rings. The van der Waals surface area contributed by atoms with Gasteiger partial charge in [0.25, 0.3) is 5.56 Å². The Balaban J connectivity index is 2.20. The second-order valence-corrected chi connectivity index (χ2v) is 8.73. The van der Waals surface area contributed by atoms with Gasteiger partial charge in [-0.15, -0.1) is 0 Å². The van der Waals surface area contributed by atoms with E-state index in [9.17, 15) is 23.5 Å². The molecule has 0 unspecified atom stereocenters. The van der Waals surface area contributed by atoms with Crippen LogP contribution in [0.4, 0.5) is 8.78 Å². The van der Waals surface area contributed by atoms with Gasteiger partial charge in [-0.1, -0.05) is 12.1 Å². The van der Waals surface area contributed by atoms with Gasteiger partial charge in [0.1, 0.15) is 28.5 Å². The van der Waals surface area contributed by atoms with Crippen LogP contribution in [0.3, 0.4) is 0 Å². The molecule has 6 nitrogen and oxygen atoms in total. The van der Waals surface area contributed by atoms with Crippen LogP contribution in [0.1, 0.15) is 41.0 Å². The van der Waals surface area contributed by atoms with E-state index in [1.54, 1.807) is 32.9 Å². The molecular weight excluding hydrogens is 500 g/mol. The first-order valence-electron chi connectivity index (χ1n) is 9.88. The van der Waals surface area contributed by atoms with Crippen molar-refractivity contribution in [3.05, 3.63) is 85.2 Å². The molecule has 174 valence electrons. The largest absolute Gasteiger partial charge is 0.487 e. The third-order valence-corrected chi connectivity index (χ3v) is 5.81. The number of hydrogen-bond acceptors (Lipinski definition) is 5. The maximum Gasteiger partial charge on any atom is 0.338 e. The first-order chi connectivity index (χ1) is 15.4. The van der Waals surface area contributed by atoms with Crippen molar-refractivity contribution in [2.45, 2.75) is 33.0 Å².